The molecular formula is C7HF8N. The van der Waals surface area contributed by atoms with Crippen LogP contribution < -0.4 is 0 Å². The van der Waals surface area contributed by atoms with Gasteiger partial charge in [-0.2, -0.15) is 30.7 Å². The Bertz CT molecular complexity index is 365. The predicted octanol–water partition coefficient (Wildman–Crippen LogP) is 3.40. The summed E-state index contributed by atoms with van der Waals surface area (Å²) in [5.41, 5.74) is -4.86. The third-order valence-electron chi connectivity index (χ3n) is 1.51. The van der Waals surface area contributed by atoms with Gasteiger partial charge in [0.15, 0.2) is 11.5 Å². The molecule has 0 amide bonds. The van der Waals surface area contributed by atoms with Crippen molar-refractivity contribution in [3.63, 3.8) is 0 Å². The summed E-state index contributed by atoms with van der Waals surface area (Å²) in [6.45, 7) is 0. The van der Waals surface area contributed by atoms with E-state index in [9.17, 15) is 35.1 Å². The first kappa shape index (κ1) is 12.7. The number of halogens is 8. The molecule has 1 aromatic rings. The van der Waals surface area contributed by atoms with Gasteiger partial charge in [-0.05, 0) is 6.07 Å². The second-order valence-electron chi connectivity index (χ2n) is 2.65. The number of rotatable bonds is 0. The molecule has 0 aliphatic heterocycles. The molecule has 0 aliphatic carbocycles. The molecule has 1 aromatic heterocycles. The summed E-state index contributed by atoms with van der Waals surface area (Å²) in [7, 11) is 0. The zero-order chi connectivity index (χ0) is 12.7. The van der Waals surface area contributed by atoms with Crippen molar-refractivity contribution in [1.29, 1.82) is 0 Å². The largest absolute Gasteiger partial charge is 0.434 e. The summed E-state index contributed by atoms with van der Waals surface area (Å²) < 4.78 is 97.0. The van der Waals surface area contributed by atoms with E-state index < -0.39 is 41.4 Å². The molecule has 0 unspecified atom stereocenters. The maximum absolute atomic E-state index is 12.4. The Labute approximate surface area is 82.7 Å². The number of alkyl halides is 6. The van der Waals surface area contributed by atoms with Crippen LogP contribution in [-0.4, -0.2) is 4.98 Å². The topological polar surface area (TPSA) is 12.9 Å². The molecule has 0 atom stereocenters. The van der Waals surface area contributed by atoms with Crippen molar-refractivity contribution in [2.45, 2.75) is 12.4 Å². The first-order valence-corrected chi connectivity index (χ1v) is 3.54. The van der Waals surface area contributed by atoms with E-state index in [0.29, 0.717) is 0 Å². The fraction of sp³-hybridized carbons (Fsp3) is 0.286. The van der Waals surface area contributed by atoms with Crippen LogP contribution in [0.3, 0.4) is 0 Å². The number of hydrogen-bond acceptors (Lipinski definition) is 1. The zero-order valence-corrected chi connectivity index (χ0v) is 7.05. The van der Waals surface area contributed by atoms with Gasteiger partial charge in [-0.25, -0.2) is 9.37 Å². The van der Waals surface area contributed by atoms with Gasteiger partial charge in [0.25, 0.3) is 0 Å². The molecule has 0 radical (unpaired) electrons. The van der Waals surface area contributed by atoms with Crippen LogP contribution in [0.1, 0.15) is 11.3 Å². The van der Waals surface area contributed by atoms with E-state index in [-0.39, 0.29) is 0 Å². The predicted molar refractivity (Wildman–Crippen MR) is 34.2 cm³/mol. The third kappa shape index (κ3) is 2.39. The minimum atomic E-state index is -5.51. The van der Waals surface area contributed by atoms with Gasteiger partial charge >= 0.3 is 12.4 Å². The van der Waals surface area contributed by atoms with Gasteiger partial charge in [-0.1, -0.05) is 0 Å². The first-order valence-electron chi connectivity index (χ1n) is 3.54. The standard InChI is InChI=1S/C7HF8N/c8-3-1-2(6(10,11)12)4(7(13,14)15)16-5(3)9/h1H. The highest BCUT2D eigenvalue weighted by atomic mass is 19.4. The summed E-state index contributed by atoms with van der Waals surface area (Å²) in [5, 5.41) is 0. The lowest BCUT2D eigenvalue weighted by Gasteiger charge is -2.14. The van der Waals surface area contributed by atoms with Crippen LogP contribution in [0.2, 0.25) is 0 Å². The Hall–Kier alpha value is -1.41. The summed E-state index contributed by atoms with van der Waals surface area (Å²) in [6.07, 6.45) is -11.0. The molecule has 0 spiro atoms. The van der Waals surface area contributed by atoms with Crippen molar-refractivity contribution >= 4 is 0 Å². The van der Waals surface area contributed by atoms with Crippen LogP contribution in [0.5, 0.6) is 0 Å². The van der Waals surface area contributed by atoms with Crippen molar-refractivity contribution in [2.24, 2.45) is 0 Å². The molecule has 1 rings (SSSR count). The van der Waals surface area contributed by atoms with E-state index in [4.69, 9.17) is 0 Å². The highest BCUT2D eigenvalue weighted by Crippen LogP contribution is 2.39. The van der Waals surface area contributed by atoms with Crippen LogP contribution in [0.15, 0.2) is 6.07 Å². The Balaban J connectivity index is 3.53. The first-order chi connectivity index (χ1) is 7.03. The van der Waals surface area contributed by atoms with E-state index >= 15 is 0 Å². The van der Waals surface area contributed by atoms with E-state index in [0.717, 1.165) is 0 Å². The fourth-order valence-corrected chi connectivity index (χ4v) is 0.899. The van der Waals surface area contributed by atoms with Crippen LogP contribution in [0.25, 0.3) is 0 Å². The number of hydrogen-bond donors (Lipinski definition) is 0. The SMILES string of the molecule is Fc1cc(C(F)(F)F)c(C(F)(F)F)nc1F. The van der Waals surface area contributed by atoms with Crippen LogP contribution in [0, 0.1) is 11.8 Å². The zero-order valence-electron chi connectivity index (χ0n) is 7.05. The maximum atomic E-state index is 12.4. The number of aromatic nitrogens is 1. The van der Waals surface area contributed by atoms with Gasteiger partial charge in [0, 0.05) is 0 Å². The Morgan fingerprint density at radius 2 is 1.38 bits per heavy atom. The average Bonchev–Trinajstić information content (AvgIpc) is 2.05. The lowest BCUT2D eigenvalue weighted by molar-refractivity contribution is -0.165. The van der Waals surface area contributed by atoms with Gasteiger partial charge in [0.1, 0.15) is 0 Å². The van der Waals surface area contributed by atoms with Gasteiger partial charge in [-0.15, -0.1) is 0 Å². The summed E-state index contributed by atoms with van der Waals surface area (Å²) in [6, 6.07) is -0.578. The Morgan fingerprint density at radius 3 is 1.75 bits per heavy atom. The van der Waals surface area contributed by atoms with E-state index in [1.54, 1.807) is 0 Å². The van der Waals surface area contributed by atoms with Crippen LogP contribution in [-0.2, 0) is 12.4 Å². The van der Waals surface area contributed by atoms with Crippen molar-refractivity contribution in [2.75, 3.05) is 0 Å². The molecular weight excluding hydrogens is 250 g/mol. The third-order valence-corrected chi connectivity index (χ3v) is 1.51. The molecule has 1 heterocycles. The second-order valence-corrected chi connectivity index (χ2v) is 2.65. The Kier molecular flexibility index (Phi) is 2.82. The highest BCUT2D eigenvalue weighted by Gasteiger charge is 2.45. The van der Waals surface area contributed by atoms with E-state index in [2.05, 4.69) is 0 Å². The summed E-state index contributed by atoms with van der Waals surface area (Å²) >= 11 is 0. The molecule has 0 saturated carbocycles. The smallest absolute Gasteiger partial charge is 0.212 e. The van der Waals surface area contributed by atoms with Crippen molar-refractivity contribution in [3.8, 4) is 0 Å². The fourth-order valence-electron chi connectivity index (χ4n) is 0.899. The monoisotopic (exact) mass is 251 g/mol. The molecule has 90 valence electrons. The van der Waals surface area contributed by atoms with Crippen molar-refractivity contribution in [3.05, 3.63) is 29.1 Å². The number of nitrogens with zero attached hydrogens (tertiary/aromatic N) is 1. The van der Waals surface area contributed by atoms with Gasteiger partial charge in [0.2, 0.25) is 5.95 Å². The average molecular weight is 251 g/mol. The molecule has 0 bridgehead atoms. The summed E-state index contributed by atoms with van der Waals surface area (Å²) in [5.74, 6) is -4.33. The van der Waals surface area contributed by atoms with Crippen molar-refractivity contribution < 1.29 is 35.1 Å². The summed E-state index contributed by atoms with van der Waals surface area (Å²) in [4.78, 5) is 1.92. The minimum absolute atomic E-state index is 0.578. The normalized spacial score (nSPS) is 13.0. The quantitative estimate of drug-likeness (QED) is 0.508. The molecule has 0 N–H and O–H groups in total. The number of pyridine rings is 1. The van der Waals surface area contributed by atoms with Gasteiger partial charge in [0.05, 0.1) is 5.56 Å². The highest BCUT2D eigenvalue weighted by molar-refractivity contribution is 5.26. The second kappa shape index (κ2) is 3.56. The molecule has 0 saturated heterocycles. The van der Waals surface area contributed by atoms with Gasteiger partial charge < -0.3 is 0 Å². The lowest BCUT2D eigenvalue weighted by Crippen LogP contribution is -2.20. The maximum Gasteiger partial charge on any atom is 0.434 e. The molecule has 0 aliphatic rings. The van der Waals surface area contributed by atoms with Gasteiger partial charge in [-0.3, -0.25) is 0 Å². The minimum Gasteiger partial charge on any atom is -0.212 e. The van der Waals surface area contributed by atoms with Crippen LogP contribution >= 0.6 is 0 Å². The van der Waals surface area contributed by atoms with E-state index in [1.165, 1.54) is 0 Å². The molecule has 0 fully saturated rings. The molecule has 0 aromatic carbocycles. The Morgan fingerprint density at radius 1 is 0.875 bits per heavy atom. The van der Waals surface area contributed by atoms with Crippen molar-refractivity contribution in [1.82, 2.24) is 4.98 Å². The molecule has 9 heteroatoms. The molecule has 1 nitrogen and oxygen atoms in total. The van der Waals surface area contributed by atoms with E-state index in [1.807, 2.05) is 4.98 Å². The molecule has 16 heavy (non-hydrogen) atoms. The lowest BCUT2D eigenvalue weighted by atomic mass is 10.1. The van der Waals surface area contributed by atoms with Crippen LogP contribution in [0.4, 0.5) is 35.1 Å².